The van der Waals surface area contributed by atoms with Crippen molar-refractivity contribution in [2.24, 2.45) is 0 Å². The minimum Gasteiger partial charge on any atom is -0.444 e. The molecule has 2 rings (SSSR count). The van der Waals surface area contributed by atoms with E-state index >= 15 is 0 Å². The quantitative estimate of drug-likeness (QED) is 0.920. The van der Waals surface area contributed by atoms with Gasteiger partial charge in [-0.05, 0) is 52.5 Å². The number of likely N-dealkylation sites (tertiary alicyclic amines) is 1. The molecule has 0 radical (unpaired) electrons. The molecule has 23 heavy (non-hydrogen) atoms. The maximum absolute atomic E-state index is 12.6. The monoisotopic (exact) mass is 319 g/mol. The summed E-state index contributed by atoms with van der Waals surface area (Å²) in [5.74, 6) is -0.0663. The maximum atomic E-state index is 12.6. The molecule has 1 fully saturated rings. The van der Waals surface area contributed by atoms with Crippen molar-refractivity contribution >= 4 is 6.09 Å². The molecule has 1 saturated heterocycles. The summed E-state index contributed by atoms with van der Waals surface area (Å²) >= 11 is 0. The fourth-order valence-corrected chi connectivity index (χ4v) is 3.19. The highest BCUT2D eigenvalue weighted by Crippen LogP contribution is 2.31. The number of rotatable bonds is 3. The van der Waals surface area contributed by atoms with Gasteiger partial charge in [-0.25, -0.2) is 4.79 Å². The van der Waals surface area contributed by atoms with Crippen molar-refractivity contribution in [2.45, 2.75) is 64.5 Å². The normalized spacial score (nSPS) is 20.2. The molecule has 1 N–H and O–H groups in total. The van der Waals surface area contributed by atoms with E-state index in [-0.39, 0.29) is 24.7 Å². The molecule has 1 aromatic rings. The second-order valence-corrected chi connectivity index (χ2v) is 7.44. The standard InChI is InChI=1S/C19H29NO3/c1-14-8-10-15(11-9-14)16(13-21)17-7-5-6-12-20(17)18(22)23-19(2,3)4/h8-11,16-17,21H,5-7,12-13H2,1-4H3/t16?,17-/m0/s1. The van der Waals surface area contributed by atoms with Gasteiger partial charge in [-0.2, -0.15) is 0 Å². The van der Waals surface area contributed by atoms with Gasteiger partial charge in [0.25, 0.3) is 0 Å². The van der Waals surface area contributed by atoms with Crippen molar-refractivity contribution in [3.63, 3.8) is 0 Å². The first-order valence-electron chi connectivity index (χ1n) is 8.49. The van der Waals surface area contributed by atoms with Gasteiger partial charge in [0.2, 0.25) is 0 Å². The van der Waals surface area contributed by atoms with Gasteiger partial charge >= 0.3 is 6.09 Å². The Kier molecular flexibility index (Phi) is 5.69. The first-order chi connectivity index (χ1) is 10.8. The van der Waals surface area contributed by atoms with Crippen molar-refractivity contribution < 1.29 is 14.6 Å². The topological polar surface area (TPSA) is 49.8 Å². The predicted molar refractivity (Wildman–Crippen MR) is 91.6 cm³/mol. The first-order valence-corrected chi connectivity index (χ1v) is 8.49. The number of ether oxygens (including phenoxy) is 1. The summed E-state index contributed by atoms with van der Waals surface area (Å²) in [6.07, 6.45) is 2.69. The van der Waals surface area contributed by atoms with Crippen LogP contribution in [0.3, 0.4) is 0 Å². The van der Waals surface area contributed by atoms with Crippen LogP contribution in [-0.4, -0.2) is 40.9 Å². The fourth-order valence-electron chi connectivity index (χ4n) is 3.19. The van der Waals surface area contributed by atoms with Crippen molar-refractivity contribution in [2.75, 3.05) is 13.2 Å². The molecule has 4 nitrogen and oxygen atoms in total. The van der Waals surface area contributed by atoms with E-state index in [2.05, 4.69) is 24.3 Å². The molecule has 1 aliphatic heterocycles. The second-order valence-electron chi connectivity index (χ2n) is 7.44. The van der Waals surface area contributed by atoms with Crippen LogP contribution in [0.1, 0.15) is 57.1 Å². The molecule has 0 aliphatic carbocycles. The minimum absolute atomic E-state index is 0.00805. The van der Waals surface area contributed by atoms with E-state index in [0.29, 0.717) is 6.54 Å². The second kappa shape index (κ2) is 7.35. The Balaban J connectivity index is 2.21. The number of aliphatic hydroxyl groups excluding tert-OH is 1. The number of nitrogens with zero attached hydrogens (tertiary/aromatic N) is 1. The van der Waals surface area contributed by atoms with Crippen molar-refractivity contribution in [1.29, 1.82) is 0 Å². The summed E-state index contributed by atoms with van der Waals surface area (Å²) in [7, 11) is 0. The number of aliphatic hydroxyl groups is 1. The number of carbonyl (C=O) groups is 1. The lowest BCUT2D eigenvalue weighted by Crippen LogP contribution is -2.49. The Hall–Kier alpha value is -1.55. The van der Waals surface area contributed by atoms with Crippen molar-refractivity contribution in [3.8, 4) is 0 Å². The van der Waals surface area contributed by atoms with E-state index in [1.165, 1.54) is 5.56 Å². The molecule has 1 aliphatic rings. The molecule has 1 aromatic carbocycles. The summed E-state index contributed by atoms with van der Waals surface area (Å²) in [6.45, 7) is 8.42. The zero-order valence-corrected chi connectivity index (χ0v) is 14.7. The van der Waals surface area contributed by atoms with Crippen molar-refractivity contribution in [3.05, 3.63) is 35.4 Å². The summed E-state index contributed by atoms with van der Waals surface area (Å²) in [6, 6.07) is 8.21. The van der Waals surface area contributed by atoms with Crippen LogP contribution in [0, 0.1) is 6.92 Å². The van der Waals surface area contributed by atoms with Crippen LogP contribution in [-0.2, 0) is 4.74 Å². The van der Waals surface area contributed by atoms with Gasteiger partial charge < -0.3 is 14.7 Å². The Morgan fingerprint density at radius 2 is 1.96 bits per heavy atom. The van der Waals surface area contributed by atoms with Crippen LogP contribution in [0.25, 0.3) is 0 Å². The van der Waals surface area contributed by atoms with Crippen LogP contribution in [0.2, 0.25) is 0 Å². The van der Waals surface area contributed by atoms with Gasteiger partial charge in [0, 0.05) is 18.5 Å². The van der Waals surface area contributed by atoms with E-state index in [9.17, 15) is 9.90 Å². The van der Waals surface area contributed by atoms with Crippen LogP contribution in [0.5, 0.6) is 0 Å². The third-order valence-electron chi connectivity index (χ3n) is 4.34. The lowest BCUT2D eigenvalue weighted by atomic mass is 9.85. The number of hydrogen-bond donors (Lipinski definition) is 1. The van der Waals surface area contributed by atoms with E-state index in [0.717, 1.165) is 24.8 Å². The Morgan fingerprint density at radius 1 is 1.30 bits per heavy atom. The molecule has 1 heterocycles. The zero-order valence-electron chi connectivity index (χ0n) is 14.7. The SMILES string of the molecule is Cc1ccc(C(CO)[C@@H]2CCCCN2C(=O)OC(C)(C)C)cc1. The predicted octanol–water partition coefficient (Wildman–Crippen LogP) is 3.86. The summed E-state index contributed by atoms with van der Waals surface area (Å²) in [5.41, 5.74) is 1.77. The van der Waals surface area contributed by atoms with Crippen molar-refractivity contribution in [1.82, 2.24) is 4.90 Å². The van der Waals surface area contributed by atoms with E-state index < -0.39 is 5.60 Å². The third kappa shape index (κ3) is 4.71. The largest absolute Gasteiger partial charge is 0.444 e. The Bertz CT molecular complexity index is 518. The van der Waals surface area contributed by atoms with E-state index in [1.54, 1.807) is 0 Å². The molecule has 4 heteroatoms. The molecule has 1 amide bonds. The Labute approximate surface area is 139 Å². The summed E-state index contributed by atoms with van der Waals surface area (Å²) in [5, 5.41) is 9.95. The number of piperidine rings is 1. The number of aryl methyl sites for hydroxylation is 1. The van der Waals surface area contributed by atoms with Gasteiger partial charge in [-0.3, -0.25) is 0 Å². The highest BCUT2D eigenvalue weighted by atomic mass is 16.6. The fraction of sp³-hybridized carbons (Fsp3) is 0.632. The summed E-state index contributed by atoms with van der Waals surface area (Å²) < 4.78 is 5.56. The molecule has 0 aromatic heterocycles. The average molecular weight is 319 g/mol. The molecule has 2 atom stereocenters. The molecule has 0 bridgehead atoms. The van der Waals surface area contributed by atoms with Gasteiger partial charge in [0.15, 0.2) is 0 Å². The van der Waals surface area contributed by atoms with Crippen LogP contribution < -0.4 is 0 Å². The maximum Gasteiger partial charge on any atom is 0.410 e. The smallest absolute Gasteiger partial charge is 0.410 e. The number of amides is 1. The first kappa shape index (κ1) is 17.8. The zero-order chi connectivity index (χ0) is 17.0. The summed E-state index contributed by atoms with van der Waals surface area (Å²) in [4.78, 5) is 14.4. The number of hydrogen-bond acceptors (Lipinski definition) is 3. The van der Waals surface area contributed by atoms with Crippen LogP contribution >= 0.6 is 0 Å². The number of carbonyl (C=O) groups excluding carboxylic acids is 1. The molecular weight excluding hydrogens is 290 g/mol. The lowest BCUT2D eigenvalue weighted by Gasteiger charge is -2.40. The average Bonchev–Trinajstić information content (AvgIpc) is 2.48. The molecule has 0 saturated carbocycles. The molecular formula is C19H29NO3. The van der Waals surface area contributed by atoms with Gasteiger partial charge in [0.1, 0.15) is 5.60 Å². The van der Waals surface area contributed by atoms with Gasteiger partial charge in [0.05, 0.1) is 6.61 Å². The molecule has 0 spiro atoms. The Morgan fingerprint density at radius 3 is 2.52 bits per heavy atom. The molecule has 1 unspecified atom stereocenters. The highest BCUT2D eigenvalue weighted by Gasteiger charge is 2.35. The van der Waals surface area contributed by atoms with Crippen LogP contribution in [0.15, 0.2) is 24.3 Å². The number of benzene rings is 1. The highest BCUT2D eigenvalue weighted by molar-refractivity contribution is 5.69. The minimum atomic E-state index is -0.502. The lowest BCUT2D eigenvalue weighted by molar-refractivity contribution is 0.00347. The van der Waals surface area contributed by atoms with E-state index in [4.69, 9.17) is 4.74 Å². The van der Waals surface area contributed by atoms with Gasteiger partial charge in [-0.15, -0.1) is 0 Å². The van der Waals surface area contributed by atoms with Gasteiger partial charge in [-0.1, -0.05) is 29.8 Å². The van der Waals surface area contributed by atoms with Crippen LogP contribution in [0.4, 0.5) is 4.79 Å². The van der Waals surface area contributed by atoms with E-state index in [1.807, 2.05) is 32.6 Å². The molecule has 128 valence electrons. The third-order valence-corrected chi connectivity index (χ3v) is 4.34.